The molecule has 1 aliphatic rings. The molecule has 0 radical (unpaired) electrons. The van der Waals surface area contributed by atoms with Gasteiger partial charge < -0.3 is 11.1 Å². The van der Waals surface area contributed by atoms with E-state index in [1.807, 2.05) is 0 Å². The van der Waals surface area contributed by atoms with E-state index in [0.717, 1.165) is 19.3 Å². The van der Waals surface area contributed by atoms with Gasteiger partial charge in [-0.25, -0.2) is 0 Å². The number of aryl methyl sites for hydroxylation is 1. The van der Waals surface area contributed by atoms with Gasteiger partial charge in [0, 0.05) is 11.3 Å². The van der Waals surface area contributed by atoms with E-state index >= 15 is 0 Å². The van der Waals surface area contributed by atoms with Crippen molar-refractivity contribution < 1.29 is 4.79 Å². The van der Waals surface area contributed by atoms with Crippen molar-refractivity contribution in [2.75, 3.05) is 6.54 Å². The van der Waals surface area contributed by atoms with Crippen molar-refractivity contribution in [2.24, 2.45) is 11.1 Å². The Hall–Kier alpha value is -0.870. The smallest absolute Gasteiger partial charge is 0.220 e. The monoisotopic (exact) mass is 266 g/mol. The predicted octanol–water partition coefficient (Wildman–Crippen LogP) is 2.45. The topological polar surface area (TPSA) is 55.1 Å². The zero-order chi connectivity index (χ0) is 13.0. The summed E-state index contributed by atoms with van der Waals surface area (Å²) in [5.74, 6) is 0.149. The molecule has 18 heavy (non-hydrogen) atoms. The first-order valence-electron chi connectivity index (χ1n) is 6.71. The number of hydrogen-bond acceptors (Lipinski definition) is 3. The van der Waals surface area contributed by atoms with E-state index in [1.54, 1.807) is 11.3 Å². The molecule has 1 heterocycles. The zero-order valence-corrected chi connectivity index (χ0v) is 11.8. The lowest BCUT2D eigenvalue weighted by atomic mass is 9.66. The fraction of sp³-hybridized carbons (Fsp3) is 0.643. The second kappa shape index (κ2) is 5.85. The van der Waals surface area contributed by atoms with Gasteiger partial charge in [0.05, 0.1) is 6.54 Å². The van der Waals surface area contributed by atoms with Crippen molar-refractivity contribution >= 4 is 17.2 Å². The van der Waals surface area contributed by atoms with Crippen LogP contribution in [0.25, 0.3) is 0 Å². The Balaban J connectivity index is 1.81. The number of hydrogen-bond donors (Lipinski definition) is 2. The zero-order valence-electron chi connectivity index (χ0n) is 11.0. The van der Waals surface area contributed by atoms with Gasteiger partial charge in [0.2, 0.25) is 5.91 Å². The Morgan fingerprint density at radius 3 is 2.89 bits per heavy atom. The summed E-state index contributed by atoms with van der Waals surface area (Å²) in [6.45, 7) is 3.45. The molecular weight excluding hydrogens is 244 g/mol. The number of carbonyl (C=O) groups is 1. The molecule has 0 aliphatic heterocycles. The Morgan fingerprint density at radius 2 is 2.33 bits per heavy atom. The van der Waals surface area contributed by atoms with Gasteiger partial charge in [0.15, 0.2) is 0 Å². The van der Waals surface area contributed by atoms with E-state index in [4.69, 9.17) is 5.73 Å². The molecule has 2 rings (SSSR count). The number of carbonyl (C=O) groups excluding carboxylic acids is 1. The highest BCUT2D eigenvalue weighted by Gasteiger charge is 2.37. The van der Waals surface area contributed by atoms with Crippen LogP contribution < -0.4 is 11.1 Å². The highest BCUT2D eigenvalue weighted by Crippen LogP contribution is 2.42. The van der Waals surface area contributed by atoms with Crippen LogP contribution in [0.3, 0.4) is 0 Å². The van der Waals surface area contributed by atoms with Crippen LogP contribution >= 0.6 is 11.3 Å². The Morgan fingerprint density at radius 1 is 1.56 bits per heavy atom. The fourth-order valence-corrected chi connectivity index (χ4v) is 3.46. The fourth-order valence-electron chi connectivity index (χ4n) is 2.55. The Kier molecular flexibility index (Phi) is 4.40. The van der Waals surface area contributed by atoms with E-state index in [1.165, 1.54) is 16.9 Å². The SMILES string of the molecule is CCc1ccsc1CNC(=O)CC1(CN)CCC1. The highest BCUT2D eigenvalue weighted by atomic mass is 32.1. The third kappa shape index (κ3) is 2.93. The minimum Gasteiger partial charge on any atom is -0.351 e. The summed E-state index contributed by atoms with van der Waals surface area (Å²) in [6, 6.07) is 2.14. The minimum atomic E-state index is 0.104. The van der Waals surface area contributed by atoms with Gasteiger partial charge >= 0.3 is 0 Å². The predicted molar refractivity (Wildman–Crippen MR) is 75.5 cm³/mol. The van der Waals surface area contributed by atoms with Gasteiger partial charge in [-0.1, -0.05) is 13.3 Å². The Bertz CT molecular complexity index is 404. The molecule has 0 atom stereocenters. The summed E-state index contributed by atoms with van der Waals surface area (Å²) in [5, 5.41) is 5.12. The second-order valence-electron chi connectivity index (χ2n) is 5.23. The molecule has 0 unspecified atom stereocenters. The first-order chi connectivity index (χ1) is 8.69. The van der Waals surface area contributed by atoms with E-state index < -0.39 is 0 Å². The van der Waals surface area contributed by atoms with E-state index in [9.17, 15) is 4.79 Å². The summed E-state index contributed by atoms with van der Waals surface area (Å²) < 4.78 is 0. The van der Waals surface area contributed by atoms with Crippen molar-refractivity contribution in [1.29, 1.82) is 0 Å². The van der Waals surface area contributed by atoms with Crippen molar-refractivity contribution in [2.45, 2.75) is 45.6 Å². The van der Waals surface area contributed by atoms with Gasteiger partial charge in [-0.2, -0.15) is 0 Å². The van der Waals surface area contributed by atoms with Crippen molar-refractivity contribution in [1.82, 2.24) is 5.32 Å². The van der Waals surface area contributed by atoms with Gasteiger partial charge in [0.25, 0.3) is 0 Å². The molecule has 0 spiro atoms. The molecule has 1 aromatic rings. The largest absolute Gasteiger partial charge is 0.351 e. The molecule has 3 N–H and O–H groups in total. The van der Waals surface area contributed by atoms with E-state index in [2.05, 4.69) is 23.7 Å². The quantitative estimate of drug-likeness (QED) is 0.831. The molecule has 100 valence electrons. The van der Waals surface area contributed by atoms with Crippen LogP contribution in [0.5, 0.6) is 0 Å². The lowest BCUT2D eigenvalue weighted by Crippen LogP contribution is -2.41. The van der Waals surface area contributed by atoms with Crippen LogP contribution in [0.2, 0.25) is 0 Å². The van der Waals surface area contributed by atoms with Crippen molar-refractivity contribution in [3.63, 3.8) is 0 Å². The molecule has 0 aromatic carbocycles. The van der Waals surface area contributed by atoms with Gasteiger partial charge in [-0.05, 0) is 48.2 Å². The molecule has 1 amide bonds. The summed E-state index contributed by atoms with van der Waals surface area (Å²) in [5.41, 5.74) is 7.22. The normalized spacial score (nSPS) is 17.2. The summed E-state index contributed by atoms with van der Waals surface area (Å²) in [4.78, 5) is 13.2. The second-order valence-corrected chi connectivity index (χ2v) is 6.23. The van der Waals surface area contributed by atoms with Crippen molar-refractivity contribution in [3.05, 3.63) is 21.9 Å². The lowest BCUT2D eigenvalue weighted by Gasteiger charge is -2.40. The molecule has 1 saturated carbocycles. The van der Waals surface area contributed by atoms with Gasteiger partial charge in [-0.3, -0.25) is 4.79 Å². The number of nitrogens with one attached hydrogen (secondary N) is 1. The van der Waals surface area contributed by atoms with E-state index in [-0.39, 0.29) is 11.3 Å². The van der Waals surface area contributed by atoms with Gasteiger partial charge in [0.1, 0.15) is 0 Å². The standard InChI is InChI=1S/C14H22N2OS/c1-2-11-4-7-18-12(11)9-16-13(17)8-14(10-15)5-3-6-14/h4,7H,2-3,5-6,8-10,15H2,1H3,(H,16,17). The van der Waals surface area contributed by atoms with Crippen LogP contribution in [0.4, 0.5) is 0 Å². The van der Waals surface area contributed by atoms with Gasteiger partial charge in [-0.15, -0.1) is 11.3 Å². The van der Waals surface area contributed by atoms with Crippen molar-refractivity contribution in [3.8, 4) is 0 Å². The maximum absolute atomic E-state index is 11.9. The van der Waals surface area contributed by atoms with Crippen LogP contribution in [-0.2, 0) is 17.8 Å². The van der Waals surface area contributed by atoms with E-state index in [0.29, 0.717) is 19.5 Å². The molecule has 1 aromatic heterocycles. The number of amides is 1. The Labute approximate surface area is 113 Å². The first kappa shape index (κ1) is 13.6. The minimum absolute atomic E-state index is 0.104. The third-order valence-corrected chi connectivity index (χ3v) is 5.01. The molecule has 4 heteroatoms. The highest BCUT2D eigenvalue weighted by molar-refractivity contribution is 7.10. The number of nitrogens with two attached hydrogens (primary N) is 1. The molecule has 0 saturated heterocycles. The first-order valence-corrected chi connectivity index (χ1v) is 7.59. The number of rotatable bonds is 6. The average molecular weight is 266 g/mol. The molecule has 0 bridgehead atoms. The van der Waals surface area contributed by atoms with Crippen LogP contribution in [0.1, 0.15) is 43.0 Å². The molecule has 3 nitrogen and oxygen atoms in total. The van der Waals surface area contributed by atoms with Crippen LogP contribution in [-0.4, -0.2) is 12.5 Å². The summed E-state index contributed by atoms with van der Waals surface area (Å²) >= 11 is 1.72. The average Bonchev–Trinajstić information content (AvgIpc) is 2.78. The van der Waals surface area contributed by atoms with Crippen LogP contribution in [0, 0.1) is 5.41 Å². The summed E-state index contributed by atoms with van der Waals surface area (Å²) in [6.07, 6.45) is 5.05. The molecular formula is C14H22N2OS. The molecule has 1 aliphatic carbocycles. The lowest BCUT2D eigenvalue weighted by molar-refractivity contribution is -0.124. The third-order valence-electron chi connectivity index (χ3n) is 4.05. The maximum Gasteiger partial charge on any atom is 0.220 e. The molecule has 1 fully saturated rings. The number of thiophene rings is 1. The van der Waals surface area contributed by atoms with Crippen LogP contribution in [0.15, 0.2) is 11.4 Å². The maximum atomic E-state index is 11.9. The summed E-state index contributed by atoms with van der Waals surface area (Å²) in [7, 11) is 0.